The summed E-state index contributed by atoms with van der Waals surface area (Å²) < 4.78 is 13.1. The van der Waals surface area contributed by atoms with Crippen molar-refractivity contribution in [3.8, 4) is 0 Å². The number of pyridine rings is 1. The van der Waals surface area contributed by atoms with Crippen LogP contribution in [0.3, 0.4) is 0 Å². The van der Waals surface area contributed by atoms with Gasteiger partial charge >= 0.3 is 0 Å². The van der Waals surface area contributed by atoms with Crippen LogP contribution in [0.2, 0.25) is 0 Å². The van der Waals surface area contributed by atoms with Crippen molar-refractivity contribution in [2.45, 2.75) is 12.5 Å². The molecule has 0 amide bonds. The molecular weight excluding hydrogens is 217 g/mol. The highest BCUT2D eigenvalue weighted by molar-refractivity contribution is 5.23. The Kier molecular flexibility index (Phi) is 3.80. The second kappa shape index (κ2) is 5.52. The van der Waals surface area contributed by atoms with E-state index in [0.717, 1.165) is 11.1 Å². The number of hydrogen-bond donors (Lipinski definition) is 2. The van der Waals surface area contributed by atoms with E-state index in [1.165, 1.54) is 12.1 Å². The van der Waals surface area contributed by atoms with Crippen LogP contribution in [-0.4, -0.2) is 4.98 Å². The lowest BCUT2D eigenvalue weighted by atomic mass is 10.00. The Hall–Kier alpha value is -1.78. The second-order valence-electron chi connectivity index (χ2n) is 3.83. The number of halogens is 1. The van der Waals surface area contributed by atoms with E-state index >= 15 is 0 Å². The van der Waals surface area contributed by atoms with Crippen molar-refractivity contribution in [3.05, 3.63) is 65.7 Å². The zero-order valence-corrected chi connectivity index (χ0v) is 9.31. The van der Waals surface area contributed by atoms with E-state index in [1.54, 1.807) is 18.5 Å². The summed E-state index contributed by atoms with van der Waals surface area (Å²) in [6.45, 7) is 0. The van der Waals surface area contributed by atoms with Gasteiger partial charge in [-0.3, -0.25) is 16.3 Å². The van der Waals surface area contributed by atoms with Gasteiger partial charge in [-0.15, -0.1) is 0 Å². The Labute approximate surface area is 99.5 Å². The predicted molar refractivity (Wildman–Crippen MR) is 64.4 cm³/mol. The van der Waals surface area contributed by atoms with Crippen molar-refractivity contribution >= 4 is 0 Å². The molecule has 0 aliphatic carbocycles. The highest BCUT2D eigenvalue weighted by atomic mass is 19.1. The molecule has 3 N–H and O–H groups in total. The lowest BCUT2D eigenvalue weighted by Crippen LogP contribution is -2.29. The van der Waals surface area contributed by atoms with Gasteiger partial charge in [0.1, 0.15) is 5.82 Å². The smallest absolute Gasteiger partial charge is 0.123 e. The topological polar surface area (TPSA) is 50.9 Å². The van der Waals surface area contributed by atoms with Crippen molar-refractivity contribution in [2.75, 3.05) is 0 Å². The summed E-state index contributed by atoms with van der Waals surface area (Å²) in [5.74, 6) is 5.26. The number of rotatable bonds is 4. The monoisotopic (exact) mass is 231 g/mol. The second-order valence-corrected chi connectivity index (χ2v) is 3.83. The van der Waals surface area contributed by atoms with Gasteiger partial charge in [0.25, 0.3) is 0 Å². The third-order valence-corrected chi connectivity index (χ3v) is 2.64. The van der Waals surface area contributed by atoms with Crippen LogP contribution in [0.15, 0.2) is 48.8 Å². The third kappa shape index (κ3) is 3.09. The molecule has 0 spiro atoms. The number of hydrazine groups is 1. The van der Waals surface area contributed by atoms with Gasteiger partial charge in [0.2, 0.25) is 0 Å². The molecule has 0 saturated carbocycles. The van der Waals surface area contributed by atoms with Crippen LogP contribution in [0, 0.1) is 5.82 Å². The standard InChI is InChI=1S/C13H14FN3/c14-12-3-1-2-11(9-12)13(17-15)8-10-4-6-16-7-5-10/h1-7,9,13,17H,8,15H2. The van der Waals surface area contributed by atoms with Crippen LogP contribution in [0.25, 0.3) is 0 Å². The first-order valence-electron chi connectivity index (χ1n) is 5.40. The van der Waals surface area contributed by atoms with Crippen LogP contribution in [-0.2, 0) is 6.42 Å². The molecule has 2 rings (SSSR count). The predicted octanol–water partition coefficient (Wildman–Crippen LogP) is 1.97. The molecule has 0 bridgehead atoms. The van der Waals surface area contributed by atoms with Gasteiger partial charge in [0.05, 0.1) is 6.04 Å². The maximum Gasteiger partial charge on any atom is 0.123 e. The Morgan fingerprint density at radius 2 is 2.00 bits per heavy atom. The van der Waals surface area contributed by atoms with Crippen LogP contribution in [0.4, 0.5) is 4.39 Å². The Bertz CT molecular complexity index is 473. The minimum Gasteiger partial charge on any atom is -0.271 e. The highest BCUT2D eigenvalue weighted by Gasteiger charge is 2.10. The van der Waals surface area contributed by atoms with E-state index < -0.39 is 0 Å². The van der Waals surface area contributed by atoms with Gasteiger partial charge in [-0.25, -0.2) is 4.39 Å². The van der Waals surface area contributed by atoms with E-state index in [4.69, 9.17) is 5.84 Å². The highest BCUT2D eigenvalue weighted by Crippen LogP contribution is 2.18. The van der Waals surface area contributed by atoms with E-state index in [0.29, 0.717) is 6.42 Å². The summed E-state index contributed by atoms with van der Waals surface area (Å²) in [5, 5.41) is 0. The average Bonchev–Trinajstić information content (AvgIpc) is 2.37. The fourth-order valence-corrected chi connectivity index (χ4v) is 1.75. The van der Waals surface area contributed by atoms with E-state index in [-0.39, 0.29) is 11.9 Å². The van der Waals surface area contributed by atoms with E-state index in [1.807, 2.05) is 18.2 Å². The molecule has 88 valence electrons. The number of nitrogens with zero attached hydrogens (tertiary/aromatic N) is 1. The largest absolute Gasteiger partial charge is 0.271 e. The minimum absolute atomic E-state index is 0.104. The molecule has 0 aliphatic rings. The summed E-state index contributed by atoms with van der Waals surface area (Å²) in [7, 11) is 0. The zero-order chi connectivity index (χ0) is 12.1. The minimum atomic E-state index is -0.252. The molecule has 0 aliphatic heterocycles. The van der Waals surface area contributed by atoms with Gasteiger partial charge in [-0.1, -0.05) is 12.1 Å². The lowest BCUT2D eigenvalue weighted by Gasteiger charge is -2.16. The molecule has 0 radical (unpaired) electrons. The van der Waals surface area contributed by atoms with Crippen molar-refractivity contribution < 1.29 is 4.39 Å². The molecule has 2 aromatic rings. The van der Waals surface area contributed by atoms with Crippen molar-refractivity contribution in [2.24, 2.45) is 5.84 Å². The van der Waals surface area contributed by atoms with Crippen LogP contribution in [0.5, 0.6) is 0 Å². The Morgan fingerprint density at radius 3 is 2.65 bits per heavy atom. The SMILES string of the molecule is NNC(Cc1ccncc1)c1cccc(F)c1. The zero-order valence-electron chi connectivity index (χ0n) is 9.31. The number of hydrogen-bond acceptors (Lipinski definition) is 3. The van der Waals surface area contributed by atoms with Gasteiger partial charge in [-0.2, -0.15) is 0 Å². The number of aromatic nitrogens is 1. The molecule has 1 heterocycles. The fraction of sp³-hybridized carbons (Fsp3) is 0.154. The summed E-state index contributed by atoms with van der Waals surface area (Å²) in [4.78, 5) is 3.95. The van der Waals surface area contributed by atoms with Crippen LogP contribution in [0.1, 0.15) is 17.2 Å². The summed E-state index contributed by atoms with van der Waals surface area (Å²) in [5.41, 5.74) is 4.65. The van der Waals surface area contributed by atoms with Gasteiger partial charge in [-0.05, 0) is 41.8 Å². The maximum absolute atomic E-state index is 13.1. The number of nitrogens with two attached hydrogens (primary N) is 1. The average molecular weight is 231 g/mol. The first kappa shape index (κ1) is 11.7. The number of nitrogens with one attached hydrogen (secondary N) is 1. The molecule has 0 fully saturated rings. The van der Waals surface area contributed by atoms with Gasteiger partial charge in [0, 0.05) is 12.4 Å². The lowest BCUT2D eigenvalue weighted by molar-refractivity contribution is 0.544. The van der Waals surface area contributed by atoms with Gasteiger partial charge < -0.3 is 0 Å². The molecule has 1 aromatic heterocycles. The van der Waals surface area contributed by atoms with E-state index in [9.17, 15) is 4.39 Å². The summed E-state index contributed by atoms with van der Waals surface area (Å²) in [6, 6.07) is 10.2. The van der Waals surface area contributed by atoms with Crippen LogP contribution < -0.4 is 11.3 Å². The van der Waals surface area contributed by atoms with Crippen LogP contribution >= 0.6 is 0 Å². The molecule has 17 heavy (non-hydrogen) atoms. The van der Waals surface area contributed by atoms with Crippen molar-refractivity contribution in [3.63, 3.8) is 0 Å². The first-order chi connectivity index (χ1) is 8.29. The van der Waals surface area contributed by atoms with Crippen molar-refractivity contribution in [1.29, 1.82) is 0 Å². The maximum atomic E-state index is 13.1. The quantitative estimate of drug-likeness (QED) is 0.624. The molecular formula is C13H14FN3. The molecule has 1 aromatic carbocycles. The Morgan fingerprint density at radius 1 is 1.24 bits per heavy atom. The fourth-order valence-electron chi connectivity index (χ4n) is 1.75. The molecule has 1 unspecified atom stereocenters. The Balaban J connectivity index is 2.17. The number of benzene rings is 1. The molecule has 1 atom stereocenters. The van der Waals surface area contributed by atoms with Gasteiger partial charge in [0.15, 0.2) is 0 Å². The molecule has 3 nitrogen and oxygen atoms in total. The molecule has 0 saturated heterocycles. The normalized spacial score (nSPS) is 12.4. The summed E-state index contributed by atoms with van der Waals surface area (Å²) >= 11 is 0. The third-order valence-electron chi connectivity index (χ3n) is 2.64. The van der Waals surface area contributed by atoms with E-state index in [2.05, 4.69) is 10.4 Å². The first-order valence-corrected chi connectivity index (χ1v) is 5.40. The van der Waals surface area contributed by atoms with Crippen molar-refractivity contribution in [1.82, 2.24) is 10.4 Å². The molecule has 4 heteroatoms. The summed E-state index contributed by atoms with van der Waals surface area (Å²) in [6.07, 6.45) is 4.16.